The number of benzene rings is 1. The lowest BCUT2D eigenvalue weighted by atomic mass is 10.2. The molecular formula is C17H19ClN4O3. The molecule has 2 aromatic heterocycles. The van der Waals surface area contributed by atoms with Crippen molar-refractivity contribution in [3.63, 3.8) is 0 Å². The summed E-state index contributed by atoms with van der Waals surface area (Å²) in [5.41, 5.74) is 0.776. The van der Waals surface area contributed by atoms with Crippen LogP contribution in [0.25, 0.3) is 22.6 Å². The summed E-state index contributed by atoms with van der Waals surface area (Å²) in [7, 11) is 4.83. The summed E-state index contributed by atoms with van der Waals surface area (Å²) in [6, 6.07) is 7.47. The number of imidazole rings is 1. The van der Waals surface area contributed by atoms with Crippen LogP contribution in [0.2, 0.25) is 0 Å². The van der Waals surface area contributed by atoms with Crippen LogP contribution in [0.3, 0.4) is 0 Å². The molecule has 0 spiro atoms. The molecule has 0 unspecified atom stereocenters. The monoisotopic (exact) mass is 362 g/mol. The van der Waals surface area contributed by atoms with Crippen LogP contribution in [0.15, 0.2) is 33.9 Å². The molecule has 0 radical (unpaired) electrons. The Morgan fingerprint density at radius 2 is 1.88 bits per heavy atom. The molecule has 0 saturated carbocycles. The summed E-state index contributed by atoms with van der Waals surface area (Å²) in [5, 5.41) is 0. The lowest BCUT2D eigenvalue weighted by Gasteiger charge is -2.07. The summed E-state index contributed by atoms with van der Waals surface area (Å²) in [6.45, 7) is 0.532. The van der Waals surface area contributed by atoms with E-state index in [1.807, 2.05) is 24.3 Å². The zero-order valence-electron chi connectivity index (χ0n) is 14.3. The molecule has 0 atom stereocenters. The van der Waals surface area contributed by atoms with Gasteiger partial charge in [0.25, 0.3) is 5.56 Å². The van der Waals surface area contributed by atoms with Gasteiger partial charge in [-0.1, -0.05) is 12.1 Å². The van der Waals surface area contributed by atoms with Crippen LogP contribution in [-0.4, -0.2) is 31.2 Å². The number of hydrogen-bond acceptors (Lipinski definition) is 4. The quantitative estimate of drug-likeness (QED) is 0.511. The van der Waals surface area contributed by atoms with Crippen LogP contribution >= 0.6 is 11.6 Å². The molecule has 1 aromatic carbocycles. The standard InChI is InChI=1S/C17H19ClN4O3/c1-20-13-15(21(2)17(24)22(3)16(13)23)19-14(20)11-6-4-7-12(10-11)25-9-5-8-18/h4,6-7,10H,5,8-9H2,1-3H3. The van der Waals surface area contributed by atoms with Crippen LogP contribution in [0, 0.1) is 0 Å². The van der Waals surface area contributed by atoms with E-state index in [-0.39, 0.29) is 5.56 Å². The van der Waals surface area contributed by atoms with Crippen molar-refractivity contribution in [1.82, 2.24) is 18.7 Å². The maximum Gasteiger partial charge on any atom is 0.332 e. The third-order valence-corrected chi connectivity index (χ3v) is 4.38. The highest BCUT2D eigenvalue weighted by Crippen LogP contribution is 2.25. The fraction of sp³-hybridized carbons (Fsp3) is 0.353. The molecule has 0 bridgehead atoms. The normalized spacial score (nSPS) is 11.2. The number of fused-ring (bicyclic) bond motifs is 1. The Kier molecular flexibility index (Phi) is 4.67. The number of nitrogens with zero attached hydrogens (tertiary/aromatic N) is 4. The van der Waals surface area contributed by atoms with Gasteiger partial charge in [0.1, 0.15) is 11.6 Å². The van der Waals surface area contributed by atoms with Gasteiger partial charge in [-0.25, -0.2) is 9.78 Å². The van der Waals surface area contributed by atoms with Crippen molar-refractivity contribution in [1.29, 1.82) is 0 Å². The average molecular weight is 363 g/mol. The van der Waals surface area contributed by atoms with Crippen molar-refractivity contribution in [2.24, 2.45) is 21.1 Å². The van der Waals surface area contributed by atoms with E-state index in [2.05, 4.69) is 4.98 Å². The van der Waals surface area contributed by atoms with Gasteiger partial charge in [0.2, 0.25) is 0 Å². The van der Waals surface area contributed by atoms with Crippen molar-refractivity contribution in [2.75, 3.05) is 12.5 Å². The molecule has 0 fully saturated rings. The van der Waals surface area contributed by atoms with E-state index in [0.717, 1.165) is 16.6 Å². The van der Waals surface area contributed by atoms with E-state index in [0.29, 0.717) is 35.2 Å². The smallest absolute Gasteiger partial charge is 0.332 e. The lowest BCUT2D eigenvalue weighted by molar-refractivity contribution is 0.318. The fourth-order valence-electron chi connectivity index (χ4n) is 2.75. The largest absolute Gasteiger partial charge is 0.494 e. The fourth-order valence-corrected chi connectivity index (χ4v) is 2.86. The first-order chi connectivity index (χ1) is 12.0. The van der Waals surface area contributed by atoms with Gasteiger partial charge in [0.15, 0.2) is 11.2 Å². The topological polar surface area (TPSA) is 71.1 Å². The Hall–Kier alpha value is -2.54. The Bertz CT molecular complexity index is 1050. The third-order valence-electron chi connectivity index (χ3n) is 4.11. The van der Waals surface area contributed by atoms with Gasteiger partial charge in [0.05, 0.1) is 6.61 Å². The van der Waals surface area contributed by atoms with E-state index in [9.17, 15) is 9.59 Å². The highest BCUT2D eigenvalue weighted by Gasteiger charge is 2.18. The predicted molar refractivity (Wildman–Crippen MR) is 97.5 cm³/mol. The van der Waals surface area contributed by atoms with Crippen LogP contribution in [-0.2, 0) is 21.1 Å². The minimum Gasteiger partial charge on any atom is -0.494 e. The summed E-state index contributed by atoms with van der Waals surface area (Å²) in [6.07, 6.45) is 0.760. The first kappa shape index (κ1) is 17.3. The van der Waals surface area contributed by atoms with Crippen LogP contribution in [0.4, 0.5) is 0 Å². The van der Waals surface area contributed by atoms with E-state index in [1.165, 1.54) is 11.6 Å². The van der Waals surface area contributed by atoms with E-state index in [4.69, 9.17) is 16.3 Å². The van der Waals surface area contributed by atoms with Gasteiger partial charge in [-0.05, 0) is 18.6 Å². The van der Waals surface area contributed by atoms with E-state index >= 15 is 0 Å². The molecule has 25 heavy (non-hydrogen) atoms. The zero-order chi connectivity index (χ0) is 18.1. The molecule has 0 N–H and O–H groups in total. The molecule has 8 heteroatoms. The number of hydrogen-bond donors (Lipinski definition) is 0. The Balaban J connectivity index is 2.14. The minimum absolute atomic E-state index is 0.360. The van der Waals surface area contributed by atoms with E-state index in [1.54, 1.807) is 18.7 Å². The van der Waals surface area contributed by atoms with Gasteiger partial charge in [-0.15, -0.1) is 11.6 Å². The van der Waals surface area contributed by atoms with Crippen LogP contribution in [0.1, 0.15) is 6.42 Å². The maximum absolute atomic E-state index is 12.5. The number of halogens is 1. The van der Waals surface area contributed by atoms with Crippen LogP contribution in [0.5, 0.6) is 5.75 Å². The average Bonchev–Trinajstić information content (AvgIpc) is 2.96. The van der Waals surface area contributed by atoms with Gasteiger partial charge in [-0.2, -0.15) is 0 Å². The number of aryl methyl sites for hydroxylation is 2. The molecule has 3 rings (SSSR count). The molecule has 132 valence electrons. The minimum atomic E-state index is -0.402. The number of aromatic nitrogens is 4. The summed E-state index contributed by atoms with van der Waals surface area (Å²) >= 11 is 5.66. The van der Waals surface area contributed by atoms with Crippen molar-refractivity contribution in [3.05, 3.63) is 45.1 Å². The highest BCUT2D eigenvalue weighted by atomic mass is 35.5. The summed E-state index contributed by atoms with van der Waals surface area (Å²) in [5.74, 6) is 1.84. The molecule has 0 aliphatic rings. The SMILES string of the molecule is Cn1c(=O)c2c(nc(-c3cccc(OCCCCl)c3)n2C)n(C)c1=O. The molecule has 0 amide bonds. The van der Waals surface area contributed by atoms with Gasteiger partial charge >= 0.3 is 5.69 Å². The second kappa shape index (κ2) is 6.76. The number of ether oxygens (including phenoxy) is 1. The lowest BCUT2D eigenvalue weighted by Crippen LogP contribution is -2.37. The van der Waals surface area contributed by atoms with Crippen molar-refractivity contribution >= 4 is 22.8 Å². The first-order valence-electron chi connectivity index (χ1n) is 7.87. The first-order valence-corrected chi connectivity index (χ1v) is 8.40. The third kappa shape index (κ3) is 2.95. The summed E-state index contributed by atoms with van der Waals surface area (Å²) in [4.78, 5) is 29.1. The van der Waals surface area contributed by atoms with Crippen molar-refractivity contribution in [3.8, 4) is 17.1 Å². The van der Waals surface area contributed by atoms with Gasteiger partial charge < -0.3 is 9.30 Å². The van der Waals surface area contributed by atoms with Gasteiger partial charge in [-0.3, -0.25) is 13.9 Å². The van der Waals surface area contributed by atoms with Crippen molar-refractivity contribution < 1.29 is 4.74 Å². The van der Waals surface area contributed by atoms with Gasteiger partial charge in [0, 0.05) is 32.6 Å². The molecule has 0 aliphatic heterocycles. The van der Waals surface area contributed by atoms with E-state index < -0.39 is 5.69 Å². The molecule has 3 aromatic rings. The molecule has 7 nitrogen and oxygen atoms in total. The van der Waals surface area contributed by atoms with Crippen molar-refractivity contribution in [2.45, 2.75) is 6.42 Å². The highest BCUT2D eigenvalue weighted by molar-refractivity contribution is 6.17. The second-order valence-electron chi connectivity index (χ2n) is 5.79. The van der Waals surface area contributed by atoms with Crippen LogP contribution < -0.4 is 16.0 Å². The number of rotatable bonds is 5. The number of alkyl halides is 1. The maximum atomic E-state index is 12.5. The Morgan fingerprint density at radius 3 is 2.60 bits per heavy atom. The zero-order valence-corrected chi connectivity index (χ0v) is 15.1. The Labute approximate surface area is 149 Å². The second-order valence-corrected chi connectivity index (χ2v) is 6.17. The summed E-state index contributed by atoms with van der Waals surface area (Å²) < 4.78 is 9.83. The molecule has 0 aliphatic carbocycles. The Morgan fingerprint density at radius 1 is 1.12 bits per heavy atom. The molecular weight excluding hydrogens is 344 g/mol. The molecule has 2 heterocycles. The predicted octanol–water partition coefficient (Wildman–Crippen LogP) is 1.65. The molecule has 0 saturated heterocycles.